The SMILES string of the molecule is Clc1cccc(-c2nc(-c3ccccc3)nc(-c3ccccc3)n2)c1.c1ccc(-c2nc(-c3ccccc3)nc(-c3cccc(-n4c5ccccc5c5c6c(ccc54)ccn6-c4ccccc4)c3)n2)cc1.c1ccc(-n2ccc3ccc4[nH]c5ccccc5c4c32)cc1. The monoisotopic (exact) mass is 1210 g/mol. The van der Waals surface area contributed by atoms with E-state index in [2.05, 4.69) is 216 Å². The Morgan fingerprint density at radius 2 is 0.656 bits per heavy atom. The van der Waals surface area contributed by atoms with Gasteiger partial charge in [0.05, 0.1) is 22.1 Å². The number of nitrogens with one attached hydrogen (secondary N) is 1. The van der Waals surface area contributed by atoms with Crippen LogP contribution in [0.1, 0.15) is 0 Å². The lowest BCUT2D eigenvalue weighted by Crippen LogP contribution is -2.01. The quantitative estimate of drug-likeness (QED) is 0.154. The fraction of sp³-hybridized carbons (Fsp3) is 0. The Morgan fingerprint density at radius 1 is 0.269 bits per heavy atom. The van der Waals surface area contributed by atoms with E-state index in [9.17, 15) is 0 Å². The predicted octanol–water partition coefficient (Wildman–Crippen LogP) is 20.7. The number of benzene rings is 12. The summed E-state index contributed by atoms with van der Waals surface area (Å²) in [6.45, 7) is 0. The van der Waals surface area contributed by atoms with Gasteiger partial charge in [-0.2, -0.15) is 0 Å². The van der Waals surface area contributed by atoms with E-state index in [1.54, 1.807) is 0 Å². The number of H-pyrrole nitrogens is 1. The smallest absolute Gasteiger partial charge is 0.164 e. The van der Waals surface area contributed by atoms with Crippen molar-refractivity contribution in [2.45, 2.75) is 0 Å². The van der Waals surface area contributed by atoms with Crippen LogP contribution < -0.4 is 0 Å². The van der Waals surface area contributed by atoms with E-state index in [-0.39, 0.29) is 0 Å². The van der Waals surface area contributed by atoms with Crippen LogP contribution in [-0.4, -0.2) is 48.6 Å². The van der Waals surface area contributed by atoms with Gasteiger partial charge in [-0.1, -0.05) is 242 Å². The lowest BCUT2D eigenvalue weighted by molar-refractivity contribution is 1.07. The van der Waals surface area contributed by atoms with Gasteiger partial charge < -0.3 is 18.7 Å². The van der Waals surface area contributed by atoms with E-state index >= 15 is 0 Å². The van der Waals surface area contributed by atoms with Gasteiger partial charge in [0.1, 0.15) is 0 Å². The number of fused-ring (bicyclic) bond motifs is 10. The number of halogens is 1. The molecule has 18 rings (SSSR count). The molecule has 6 heterocycles. The molecule has 0 amide bonds. The average molecular weight is 1220 g/mol. The first-order valence-electron chi connectivity index (χ1n) is 30.8. The molecule has 11 heteroatoms. The zero-order valence-electron chi connectivity index (χ0n) is 50.1. The van der Waals surface area contributed by atoms with E-state index in [0.717, 1.165) is 55.8 Å². The highest BCUT2D eigenvalue weighted by atomic mass is 35.5. The van der Waals surface area contributed by atoms with Gasteiger partial charge in [0.25, 0.3) is 0 Å². The second-order valence-corrected chi connectivity index (χ2v) is 23.0. The molecule has 0 atom stereocenters. The second kappa shape index (κ2) is 24.5. The van der Waals surface area contributed by atoms with Crippen LogP contribution in [0.3, 0.4) is 0 Å². The lowest BCUT2D eigenvalue weighted by atomic mass is 10.1. The molecule has 0 aliphatic heterocycles. The molecule has 0 aliphatic carbocycles. The minimum absolute atomic E-state index is 0.607. The van der Waals surface area contributed by atoms with E-state index in [1.165, 1.54) is 60.1 Å². The first kappa shape index (κ1) is 55.9. The third kappa shape index (κ3) is 10.9. The van der Waals surface area contributed by atoms with Crippen LogP contribution in [0.15, 0.2) is 328 Å². The molecule has 0 saturated carbocycles. The minimum atomic E-state index is 0.607. The van der Waals surface area contributed by atoms with Crippen molar-refractivity contribution in [2.75, 3.05) is 0 Å². The number of aromatic amines is 1. The van der Waals surface area contributed by atoms with Gasteiger partial charge in [-0.05, 0) is 84.9 Å². The largest absolute Gasteiger partial charge is 0.354 e. The van der Waals surface area contributed by atoms with Crippen molar-refractivity contribution in [1.82, 2.24) is 48.6 Å². The van der Waals surface area contributed by atoms with Crippen molar-refractivity contribution in [3.63, 3.8) is 0 Å². The summed E-state index contributed by atoms with van der Waals surface area (Å²) < 4.78 is 6.93. The van der Waals surface area contributed by atoms with Gasteiger partial charge in [-0.3, -0.25) is 0 Å². The van der Waals surface area contributed by atoms with Crippen LogP contribution in [0, 0.1) is 0 Å². The summed E-state index contributed by atoms with van der Waals surface area (Å²) in [5.41, 5.74) is 16.1. The molecule has 0 aliphatic rings. The van der Waals surface area contributed by atoms with Gasteiger partial charge in [0.15, 0.2) is 34.9 Å². The number of hydrogen-bond donors (Lipinski definition) is 1. The standard InChI is InChI=1S/C41H27N5.C21H14ClN3.C20H14N2/c1-4-13-29(14-5-1)39-42-40(30-15-6-2-7-16-30)44-41(43-39)31-17-12-20-33(27-31)46-35-22-11-10-21-34(35)37-36(46)24-23-28-25-26-45(38(28)37)32-18-8-3-9-19-32;22-18-13-7-12-17(14-18)21-24-19(15-8-3-1-4-9-15)23-20(25-21)16-10-5-2-6-11-16;1-2-6-15(7-3-1)22-13-12-14-10-11-18-19(20(14)22)16-8-4-5-9-17(16)21-18/h1-27H;1-14H;1-13,21H. The molecule has 6 aromatic heterocycles. The van der Waals surface area contributed by atoms with Crippen LogP contribution in [0.5, 0.6) is 0 Å². The topological polar surface area (TPSA) is 108 Å². The molecule has 0 spiro atoms. The van der Waals surface area contributed by atoms with Crippen molar-refractivity contribution in [2.24, 2.45) is 0 Å². The average Bonchev–Trinajstić information content (AvgIpc) is 1.59. The van der Waals surface area contributed by atoms with Crippen molar-refractivity contribution < 1.29 is 0 Å². The number of nitrogens with zero attached hydrogens (tertiary/aromatic N) is 9. The zero-order valence-corrected chi connectivity index (χ0v) is 50.8. The molecule has 0 saturated heterocycles. The van der Waals surface area contributed by atoms with Crippen molar-refractivity contribution in [1.29, 1.82) is 0 Å². The molecule has 1 N–H and O–H groups in total. The normalized spacial score (nSPS) is 11.3. The van der Waals surface area contributed by atoms with Crippen LogP contribution in [0.2, 0.25) is 5.02 Å². The molecule has 10 nitrogen and oxygen atoms in total. The van der Waals surface area contributed by atoms with E-state index in [0.29, 0.717) is 40.0 Å². The lowest BCUT2D eigenvalue weighted by Gasteiger charge is -2.12. The summed E-state index contributed by atoms with van der Waals surface area (Å²) in [6, 6.07) is 107. The van der Waals surface area contributed by atoms with Gasteiger partial charge in [-0.15, -0.1) is 0 Å². The summed E-state index contributed by atoms with van der Waals surface area (Å²) in [4.78, 5) is 32.4. The maximum Gasteiger partial charge on any atom is 0.164 e. The molecular weight excluding hydrogens is 1160 g/mol. The third-order valence-corrected chi connectivity index (χ3v) is 17.0. The molecule has 12 aromatic carbocycles. The fourth-order valence-corrected chi connectivity index (χ4v) is 12.6. The molecule has 0 fully saturated rings. The van der Waals surface area contributed by atoms with Crippen LogP contribution in [0.4, 0.5) is 0 Å². The van der Waals surface area contributed by atoms with Gasteiger partial charge in [0, 0.05) is 111 Å². The number of rotatable bonds is 9. The van der Waals surface area contributed by atoms with Crippen molar-refractivity contribution in [3.8, 4) is 85.4 Å². The maximum atomic E-state index is 6.14. The maximum absolute atomic E-state index is 6.14. The minimum Gasteiger partial charge on any atom is -0.354 e. The first-order valence-corrected chi connectivity index (χ1v) is 31.2. The summed E-state index contributed by atoms with van der Waals surface area (Å²) in [5, 5.41) is 8.13. The Balaban J connectivity index is 0.000000122. The molecule has 0 bridgehead atoms. The Kier molecular flexibility index (Phi) is 14.8. The highest BCUT2D eigenvalue weighted by Crippen LogP contribution is 2.40. The Morgan fingerprint density at radius 3 is 1.16 bits per heavy atom. The number of hydrogen-bond acceptors (Lipinski definition) is 6. The van der Waals surface area contributed by atoms with Crippen LogP contribution >= 0.6 is 11.6 Å². The fourth-order valence-electron chi connectivity index (χ4n) is 12.4. The third-order valence-electron chi connectivity index (χ3n) is 16.7. The molecule has 0 unspecified atom stereocenters. The molecular formula is C82H55ClN10. The predicted molar refractivity (Wildman–Crippen MR) is 381 cm³/mol. The highest BCUT2D eigenvalue weighted by molar-refractivity contribution is 6.30. The first-order chi connectivity index (χ1) is 46.0. The van der Waals surface area contributed by atoms with Crippen molar-refractivity contribution >= 4 is 77.0 Å². The number of aromatic nitrogens is 10. The summed E-state index contributed by atoms with van der Waals surface area (Å²) in [5.74, 6) is 3.83. The van der Waals surface area contributed by atoms with Crippen molar-refractivity contribution in [3.05, 3.63) is 333 Å². The Labute approximate surface area is 540 Å². The van der Waals surface area contributed by atoms with Gasteiger partial charge in [0.2, 0.25) is 0 Å². The van der Waals surface area contributed by atoms with E-state index in [1.807, 2.05) is 146 Å². The summed E-state index contributed by atoms with van der Waals surface area (Å²) in [7, 11) is 0. The van der Waals surface area contributed by atoms with Crippen LogP contribution in [0.25, 0.3) is 151 Å². The van der Waals surface area contributed by atoms with E-state index < -0.39 is 0 Å². The van der Waals surface area contributed by atoms with Gasteiger partial charge in [-0.25, -0.2) is 29.9 Å². The highest BCUT2D eigenvalue weighted by Gasteiger charge is 2.20. The van der Waals surface area contributed by atoms with Crippen LogP contribution in [-0.2, 0) is 0 Å². The Hall–Kier alpha value is -12.4. The molecule has 0 radical (unpaired) electrons. The zero-order chi connectivity index (χ0) is 62.0. The molecule has 18 aromatic rings. The van der Waals surface area contributed by atoms with Gasteiger partial charge >= 0.3 is 0 Å². The summed E-state index contributed by atoms with van der Waals surface area (Å²) >= 11 is 6.14. The molecule has 93 heavy (non-hydrogen) atoms. The Bertz CT molecular complexity index is 5580. The number of para-hydroxylation sites is 4. The summed E-state index contributed by atoms with van der Waals surface area (Å²) in [6.07, 6.45) is 4.32. The van der Waals surface area contributed by atoms with E-state index in [4.69, 9.17) is 26.6 Å². The molecule has 440 valence electrons. The second-order valence-electron chi connectivity index (χ2n) is 22.5.